The molecule has 0 fully saturated rings. The summed E-state index contributed by atoms with van der Waals surface area (Å²) in [4.78, 5) is 0.829. The van der Waals surface area contributed by atoms with E-state index in [1.54, 1.807) is 37.3 Å². The van der Waals surface area contributed by atoms with Crippen molar-refractivity contribution in [2.45, 2.75) is 23.7 Å². The van der Waals surface area contributed by atoms with Crippen molar-refractivity contribution in [1.29, 1.82) is 0 Å². The van der Waals surface area contributed by atoms with E-state index in [4.69, 9.17) is 17.3 Å². The smallest absolute Gasteiger partial charge is 0.250 e. The normalized spacial score (nSPS) is 13.3. The average molecular weight is 331 g/mol. The highest BCUT2D eigenvalue weighted by Gasteiger charge is 2.21. The Balaban J connectivity index is 2.22. The van der Waals surface area contributed by atoms with E-state index in [-0.39, 0.29) is 4.21 Å². The molecule has 0 aliphatic carbocycles. The third-order valence-corrected chi connectivity index (χ3v) is 6.29. The van der Waals surface area contributed by atoms with Crippen molar-refractivity contribution >= 4 is 33.0 Å². The molecule has 0 spiro atoms. The van der Waals surface area contributed by atoms with Crippen LogP contribution in [0.1, 0.15) is 23.4 Å². The van der Waals surface area contributed by atoms with Crippen molar-refractivity contribution in [3.8, 4) is 0 Å². The molecule has 0 bridgehead atoms. The number of benzene rings is 1. The van der Waals surface area contributed by atoms with Gasteiger partial charge in [-0.3, -0.25) is 0 Å². The first-order valence-corrected chi connectivity index (χ1v) is 8.67. The van der Waals surface area contributed by atoms with Gasteiger partial charge in [0.25, 0.3) is 10.0 Å². The summed E-state index contributed by atoms with van der Waals surface area (Å²) >= 11 is 7.24. The Morgan fingerprint density at radius 3 is 2.60 bits per heavy atom. The largest absolute Gasteiger partial charge is 0.326 e. The second-order valence-corrected chi connectivity index (χ2v) is 7.81. The molecule has 0 aliphatic heterocycles. The van der Waals surface area contributed by atoms with E-state index in [2.05, 4.69) is 4.72 Å². The van der Waals surface area contributed by atoms with Gasteiger partial charge in [0, 0.05) is 22.5 Å². The summed E-state index contributed by atoms with van der Waals surface area (Å²) in [6.45, 7) is 2.09. The van der Waals surface area contributed by atoms with Gasteiger partial charge in [-0.1, -0.05) is 29.8 Å². The summed E-state index contributed by atoms with van der Waals surface area (Å²) in [5, 5.41) is 0.538. The van der Waals surface area contributed by atoms with Gasteiger partial charge in [-0.05, 0) is 30.7 Å². The number of halogens is 1. The Morgan fingerprint density at radius 2 is 2.00 bits per heavy atom. The zero-order valence-electron chi connectivity index (χ0n) is 10.8. The number of nitrogens with two attached hydrogens (primary N) is 1. The van der Waals surface area contributed by atoms with Crippen molar-refractivity contribution < 1.29 is 8.42 Å². The number of thiophene rings is 1. The van der Waals surface area contributed by atoms with Crippen LogP contribution in [-0.2, 0) is 16.6 Å². The maximum atomic E-state index is 12.3. The number of sulfonamides is 1. The first-order valence-electron chi connectivity index (χ1n) is 5.99. The summed E-state index contributed by atoms with van der Waals surface area (Å²) in [5.41, 5.74) is 6.24. The SMILES string of the molecule is CC(NS(=O)(=O)c1ccc(CN)s1)c1ccccc1Cl. The number of hydrogen-bond donors (Lipinski definition) is 2. The van der Waals surface area contributed by atoms with Crippen LogP contribution in [0.5, 0.6) is 0 Å². The van der Waals surface area contributed by atoms with Crippen LogP contribution >= 0.6 is 22.9 Å². The van der Waals surface area contributed by atoms with Crippen molar-refractivity contribution in [2.75, 3.05) is 0 Å². The van der Waals surface area contributed by atoms with E-state index >= 15 is 0 Å². The standard InChI is InChI=1S/C13H15ClN2O2S2/c1-9(11-4-2-3-5-12(11)14)16-20(17,18)13-7-6-10(8-15)19-13/h2-7,9,16H,8,15H2,1H3. The van der Waals surface area contributed by atoms with Crippen LogP contribution in [-0.4, -0.2) is 8.42 Å². The Bertz CT molecular complexity index is 698. The molecule has 2 aromatic rings. The fourth-order valence-electron chi connectivity index (χ4n) is 1.79. The highest BCUT2D eigenvalue weighted by Crippen LogP contribution is 2.26. The molecule has 1 unspecified atom stereocenters. The van der Waals surface area contributed by atoms with Gasteiger partial charge in [-0.2, -0.15) is 0 Å². The van der Waals surface area contributed by atoms with Crippen LogP contribution in [0.3, 0.4) is 0 Å². The second kappa shape index (κ2) is 6.24. The Labute approximate surface area is 127 Å². The third-order valence-electron chi connectivity index (χ3n) is 2.81. The Kier molecular flexibility index (Phi) is 4.82. The molecule has 0 saturated carbocycles. The minimum Gasteiger partial charge on any atom is -0.326 e. The highest BCUT2D eigenvalue weighted by atomic mass is 35.5. The van der Waals surface area contributed by atoms with E-state index in [0.29, 0.717) is 11.6 Å². The first kappa shape index (κ1) is 15.5. The van der Waals surface area contributed by atoms with E-state index in [1.807, 2.05) is 6.07 Å². The Hall–Kier alpha value is -0.920. The lowest BCUT2D eigenvalue weighted by molar-refractivity contribution is 0.569. The molecule has 3 N–H and O–H groups in total. The molecular weight excluding hydrogens is 316 g/mol. The minimum absolute atomic E-state index is 0.261. The monoisotopic (exact) mass is 330 g/mol. The molecule has 0 amide bonds. The summed E-state index contributed by atoms with van der Waals surface area (Å²) in [5.74, 6) is 0. The van der Waals surface area contributed by atoms with E-state index in [0.717, 1.165) is 10.4 Å². The molecule has 4 nitrogen and oxygen atoms in total. The zero-order valence-corrected chi connectivity index (χ0v) is 13.2. The lowest BCUT2D eigenvalue weighted by atomic mass is 10.1. The van der Waals surface area contributed by atoms with Crippen LogP contribution in [0.25, 0.3) is 0 Å². The van der Waals surface area contributed by atoms with Gasteiger partial charge in [0.2, 0.25) is 0 Å². The van der Waals surface area contributed by atoms with Gasteiger partial charge in [0.1, 0.15) is 4.21 Å². The Morgan fingerprint density at radius 1 is 1.30 bits per heavy atom. The molecule has 0 aliphatic rings. The summed E-state index contributed by atoms with van der Waals surface area (Å²) in [7, 11) is -3.56. The third kappa shape index (κ3) is 3.39. The topological polar surface area (TPSA) is 72.2 Å². The van der Waals surface area contributed by atoms with Crippen molar-refractivity contribution in [3.05, 3.63) is 51.9 Å². The van der Waals surface area contributed by atoms with Crippen LogP contribution < -0.4 is 10.5 Å². The van der Waals surface area contributed by atoms with Crippen molar-refractivity contribution in [1.82, 2.24) is 4.72 Å². The van der Waals surface area contributed by atoms with Gasteiger partial charge in [0.05, 0.1) is 0 Å². The van der Waals surface area contributed by atoms with Crippen LogP contribution in [0.15, 0.2) is 40.6 Å². The first-order chi connectivity index (χ1) is 9.44. The predicted octanol–water partition coefficient (Wildman–Crippen LogP) is 2.90. The van der Waals surface area contributed by atoms with Crippen LogP contribution in [0, 0.1) is 0 Å². The van der Waals surface area contributed by atoms with Crippen LogP contribution in [0.2, 0.25) is 5.02 Å². The molecular formula is C13H15ClN2O2S2. The molecule has 7 heteroatoms. The van der Waals surface area contributed by atoms with Gasteiger partial charge in [-0.25, -0.2) is 13.1 Å². The van der Waals surface area contributed by atoms with Gasteiger partial charge < -0.3 is 5.73 Å². The molecule has 2 rings (SSSR count). The maximum absolute atomic E-state index is 12.3. The van der Waals surface area contributed by atoms with Crippen LogP contribution in [0.4, 0.5) is 0 Å². The van der Waals surface area contributed by atoms with Gasteiger partial charge >= 0.3 is 0 Å². The number of nitrogens with one attached hydrogen (secondary N) is 1. The fraction of sp³-hybridized carbons (Fsp3) is 0.231. The second-order valence-electron chi connectivity index (χ2n) is 4.29. The molecule has 108 valence electrons. The maximum Gasteiger partial charge on any atom is 0.250 e. The summed E-state index contributed by atoms with van der Waals surface area (Å²) in [6.07, 6.45) is 0. The lowest BCUT2D eigenvalue weighted by Gasteiger charge is -2.15. The van der Waals surface area contributed by atoms with Gasteiger partial charge in [0.15, 0.2) is 0 Å². The zero-order chi connectivity index (χ0) is 14.8. The molecule has 1 aromatic heterocycles. The highest BCUT2D eigenvalue weighted by molar-refractivity contribution is 7.91. The molecule has 20 heavy (non-hydrogen) atoms. The number of hydrogen-bond acceptors (Lipinski definition) is 4. The van der Waals surface area contributed by atoms with E-state index in [9.17, 15) is 8.42 Å². The lowest BCUT2D eigenvalue weighted by Crippen LogP contribution is -2.26. The molecule has 1 aromatic carbocycles. The molecule has 0 saturated heterocycles. The summed E-state index contributed by atoms with van der Waals surface area (Å²) < 4.78 is 27.4. The average Bonchev–Trinajstić information content (AvgIpc) is 2.88. The minimum atomic E-state index is -3.56. The van der Waals surface area contributed by atoms with E-state index < -0.39 is 16.1 Å². The van der Waals surface area contributed by atoms with Gasteiger partial charge in [-0.15, -0.1) is 11.3 Å². The van der Waals surface area contributed by atoms with E-state index in [1.165, 1.54) is 11.3 Å². The van der Waals surface area contributed by atoms with Crippen molar-refractivity contribution in [3.63, 3.8) is 0 Å². The molecule has 1 atom stereocenters. The van der Waals surface area contributed by atoms with Crippen molar-refractivity contribution in [2.24, 2.45) is 5.73 Å². The summed E-state index contributed by atoms with van der Waals surface area (Å²) in [6, 6.07) is 10.0. The molecule has 0 radical (unpaired) electrons. The molecule has 1 heterocycles. The fourth-order valence-corrected chi connectivity index (χ4v) is 4.57. The quantitative estimate of drug-likeness (QED) is 0.885. The predicted molar refractivity (Wildman–Crippen MR) is 82.4 cm³/mol. The number of rotatable bonds is 5.